The van der Waals surface area contributed by atoms with E-state index in [-0.39, 0.29) is 6.10 Å². The van der Waals surface area contributed by atoms with Gasteiger partial charge in [0.1, 0.15) is 0 Å². The number of hydrogen-bond acceptors (Lipinski definition) is 4. The van der Waals surface area contributed by atoms with Crippen molar-refractivity contribution in [2.24, 2.45) is 0 Å². The van der Waals surface area contributed by atoms with E-state index in [4.69, 9.17) is 5.73 Å². The second-order valence-electron chi connectivity index (χ2n) is 3.45. The predicted molar refractivity (Wildman–Crippen MR) is 56.2 cm³/mol. The Morgan fingerprint density at radius 3 is 3.00 bits per heavy atom. The molecule has 1 saturated heterocycles. The van der Waals surface area contributed by atoms with E-state index in [1.54, 1.807) is 11.3 Å². The van der Waals surface area contributed by atoms with Gasteiger partial charge in [0.25, 0.3) is 0 Å². The summed E-state index contributed by atoms with van der Waals surface area (Å²) >= 11 is 1.61. The van der Waals surface area contributed by atoms with Crippen molar-refractivity contribution in [1.82, 2.24) is 0 Å². The fourth-order valence-electron chi connectivity index (χ4n) is 1.73. The maximum Gasteiger partial charge on any atom is 0.0715 e. The number of anilines is 2. The number of nitrogens with two attached hydrogens (primary N) is 1. The zero-order chi connectivity index (χ0) is 9.26. The van der Waals surface area contributed by atoms with Gasteiger partial charge in [0, 0.05) is 23.8 Å². The van der Waals surface area contributed by atoms with E-state index >= 15 is 0 Å². The molecule has 0 aromatic carbocycles. The van der Waals surface area contributed by atoms with Gasteiger partial charge in [-0.1, -0.05) is 0 Å². The zero-order valence-electron chi connectivity index (χ0n) is 7.44. The molecule has 3 nitrogen and oxygen atoms in total. The first kappa shape index (κ1) is 8.84. The molecule has 2 rings (SSSR count). The molecule has 1 aromatic heterocycles. The number of rotatable bonds is 1. The number of aliphatic hydroxyl groups excluding tert-OH is 1. The van der Waals surface area contributed by atoms with E-state index in [0.717, 1.165) is 37.3 Å². The summed E-state index contributed by atoms with van der Waals surface area (Å²) in [5.74, 6) is 0. The minimum atomic E-state index is -0.187. The summed E-state index contributed by atoms with van der Waals surface area (Å²) in [6.07, 6.45) is 1.78. The molecule has 0 spiro atoms. The van der Waals surface area contributed by atoms with Crippen LogP contribution in [0.25, 0.3) is 0 Å². The molecule has 0 aliphatic carbocycles. The quantitative estimate of drug-likeness (QED) is 0.715. The predicted octanol–water partition coefficient (Wildman–Crippen LogP) is 1.29. The standard InChI is InChI=1S/C9H14N2OS/c10-8-5-13-6-9(8)11-3-1-2-7(12)4-11/h5-7,12H,1-4,10H2. The summed E-state index contributed by atoms with van der Waals surface area (Å²) in [5.41, 5.74) is 7.72. The lowest BCUT2D eigenvalue weighted by Gasteiger charge is -2.31. The van der Waals surface area contributed by atoms with Crippen LogP contribution in [0, 0.1) is 0 Å². The highest BCUT2D eigenvalue weighted by Gasteiger charge is 2.19. The summed E-state index contributed by atoms with van der Waals surface area (Å²) in [6, 6.07) is 0. The van der Waals surface area contributed by atoms with Crippen LogP contribution in [-0.2, 0) is 0 Å². The molecular weight excluding hydrogens is 184 g/mol. The van der Waals surface area contributed by atoms with Gasteiger partial charge in [0.05, 0.1) is 17.5 Å². The number of hydrogen-bond donors (Lipinski definition) is 2. The smallest absolute Gasteiger partial charge is 0.0715 e. The van der Waals surface area contributed by atoms with Gasteiger partial charge in [0.2, 0.25) is 0 Å². The van der Waals surface area contributed by atoms with Gasteiger partial charge in [0.15, 0.2) is 0 Å². The Balaban J connectivity index is 2.12. The third-order valence-corrected chi connectivity index (χ3v) is 3.16. The van der Waals surface area contributed by atoms with Gasteiger partial charge in [-0.05, 0) is 12.8 Å². The highest BCUT2D eigenvalue weighted by atomic mass is 32.1. The third kappa shape index (κ3) is 1.78. The first-order valence-electron chi connectivity index (χ1n) is 4.52. The van der Waals surface area contributed by atoms with Crippen molar-refractivity contribution in [1.29, 1.82) is 0 Å². The molecular formula is C9H14N2OS. The normalized spacial score (nSPS) is 23.5. The van der Waals surface area contributed by atoms with Gasteiger partial charge < -0.3 is 15.7 Å². The van der Waals surface area contributed by atoms with Crippen molar-refractivity contribution in [2.75, 3.05) is 23.7 Å². The molecule has 3 N–H and O–H groups in total. The summed E-state index contributed by atoms with van der Waals surface area (Å²) in [7, 11) is 0. The van der Waals surface area contributed by atoms with Gasteiger partial charge in [-0.3, -0.25) is 0 Å². The summed E-state index contributed by atoms with van der Waals surface area (Å²) in [4.78, 5) is 2.17. The third-order valence-electron chi connectivity index (χ3n) is 2.41. The Labute approximate surface area is 81.8 Å². The molecule has 2 heterocycles. The number of thiophene rings is 1. The molecule has 0 saturated carbocycles. The fraction of sp³-hybridized carbons (Fsp3) is 0.556. The lowest BCUT2D eigenvalue weighted by molar-refractivity contribution is 0.154. The summed E-state index contributed by atoms with van der Waals surface area (Å²) < 4.78 is 0. The first-order chi connectivity index (χ1) is 6.27. The van der Waals surface area contributed by atoms with Crippen molar-refractivity contribution in [3.05, 3.63) is 10.8 Å². The van der Waals surface area contributed by atoms with Crippen LogP contribution in [0.2, 0.25) is 0 Å². The summed E-state index contributed by atoms with van der Waals surface area (Å²) in [5, 5.41) is 13.5. The van der Waals surface area contributed by atoms with E-state index in [1.165, 1.54) is 0 Å². The molecule has 72 valence electrons. The Kier molecular flexibility index (Phi) is 2.42. The van der Waals surface area contributed by atoms with Crippen LogP contribution in [-0.4, -0.2) is 24.3 Å². The molecule has 0 radical (unpaired) electrons. The number of piperidine rings is 1. The number of β-amino-alcohol motifs (C(OH)–C–C–N with tert-alkyl or cyclic N) is 1. The van der Waals surface area contributed by atoms with Gasteiger partial charge >= 0.3 is 0 Å². The van der Waals surface area contributed by atoms with Crippen LogP contribution in [0.3, 0.4) is 0 Å². The van der Waals surface area contributed by atoms with E-state index < -0.39 is 0 Å². The second kappa shape index (κ2) is 3.55. The average molecular weight is 198 g/mol. The topological polar surface area (TPSA) is 49.5 Å². The van der Waals surface area contributed by atoms with Crippen LogP contribution in [0.15, 0.2) is 10.8 Å². The highest BCUT2D eigenvalue weighted by Crippen LogP contribution is 2.29. The van der Waals surface area contributed by atoms with Crippen molar-refractivity contribution >= 4 is 22.7 Å². The lowest BCUT2D eigenvalue weighted by Crippen LogP contribution is -2.38. The zero-order valence-corrected chi connectivity index (χ0v) is 8.26. The van der Waals surface area contributed by atoms with E-state index in [2.05, 4.69) is 4.90 Å². The molecule has 1 atom stereocenters. The van der Waals surface area contributed by atoms with Crippen LogP contribution in [0.4, 0.5) is 11.4 Å². The minimum absolute atomic E-state index is 0.187. The van der Waals surface area contributed by atoms with Crippen LogP contribution in [0.1, 0.15) is 12.8 Å². The first-order valence-corrected chi connectivity index (χ1v) is 5.46. The van der Waals surface area contributed by atoms with Crippen LogP contribution in [0.5, 0.6) is 0 Å². The molecule has 1 aliphatic rings. The minimum Gasteiger partial charge on any atom is -0.396 e. The number of nitrogen functional groups attached to an aromatic ring is 1. The molecule has 1 aromatic rings. The molecule has 1 aliphatic heterocycles. The Hall–Kier alpha value is -0.740. The maximum absolute atomic E-state index is 9.49. The molecule has 1 fully saturated rings. The Bertz CT molecular complexity index is 287. The van der Waals surface area contributed by atoms with Crippen molar-refractivity contribution in [3.8, 4) is 0 Å². The second-order valence-corrected chi connectivity index (χ2v) is 4.20. The lowest BCUT2D eigenvalue weighted by atomic mass is 10.1. The Morgan fingerprint density at radius 2 is 2.38 bits per heavy atom. The molecule has 4 heteroatoms. The van der Waals surface area contributed by atoms with Gasteiger partial charge in [-0.15, -0.1) is 11.3 Å². The molecule has 0 amide bonds. The van der Waals surface area contributed by atoms with Crippen molar-refractivity contribution < 1.29 is 5.11 Å². The van der Waals surface area contributed by atoms with E-state index in [0.29, 0.717) is 0 Å². The number of nitrogens with zero attached hydrogens (tertiary/aromatic N) is 1. The van der Waals surface area contributed by atoms with Gasteiger partial charge in [-0.2, -0.15) is 0 Å². The maximum atomic E-state index is 9.49. The molecule has 13 heavy (non-hydrogen) atoms. The van der Waals surface area contributed by atoms with Gasteiger partial charge in [-0.25, -0.2) is 0 Å². The molecule has 0 bridgehead atoms. The number of aliphatic hydroxyl groups is 1. The summed E-state index contributed by atoms with van der Waals surface area (Å²) in [6.45, 7) is 1.74. The van der Waals surface area contributed by atoms with E-state index in [9.17, 15) is 5.11 Å². The van der Waals surface area contributed by atoms with Crippen molar-refractivity contribution in [3.63, 3.8) is 0 Å². The van der Waals surface area contributed by atoms with E-state index in [1.807, 2.05) is 10.8 Å². The monoisotopic (exact) mass is 198 g/mol. The fourth-order valence-corrected chi connectivity index (χ4v) is 2.48. The SMILES string of the molecule is Nc1cscc1N1CCCC(O)C1. The largest absolute Gasteiger partial charge is 0.396 e. The Morgan fingerprint density at radius 1 is 1.54 bits per heavy atom. The van der Waals surface area contributed by atoms with Crippen LogP contribution < -0.4 is 10.6 Å². The van der Waals surface area contributed by atoms with Crippen LogP contribution >= 0.6 is 11.3 Å². The van der Waals surface area contributed by atoms with Crippen molar-refractivity contribution in [2.45, 2.75) is 18.9 Å². The highest BCUT2D eigenvalue weighted by molar-refractivity contribution is 7.08. The molecule has 1 unspecified atom stereocenters. The average Bonchev–Trinajstić information content (AvgIpc) is 2.51.